The van der Waals surface area contributed by atoms with Crippen LogP contribution in [0.1, 0.15) is 13.3 Å². The molecule has 0 rings (SSSR count). The summed E-state index contributed by atoms with van der Waals surface area (Å²) in [5.41, 5.74) is 0. The summed E-state index contributed by atoms with van der Waals surface area (Å²) in [5, 5.41) is 16.3. The topological polar surface area (TPSA) is 40.5 Å². The average molecular weight is 99.9 g/mol. The Labute approximate surface area is 43.6 Å². The van der Waals surface area contributed by atoms with Gasteiger partial charge in [-0.15, -0.1) is 0 Å². The molecule has 0 fully saturated rings. The first-order chi connectivity index (χ1) is 3.27. The first kappa shape index (κ1) is 6.72. The molecule has 0 aliphatic heterocycles. The molecule has 2 nitrogen and oxygen atoms in total. The van der Waals surface area contributed by atoms with E-state index in [4.69, 9.17) is 10.0 Å². The quantitative estimate of drug-likeness (QED) is 0.478. The Bertz CT molecular complexity index is 60.7. The van der Waals surface area contributed by atoms with E-state index in [0.29, 0.717) is 0 Å². The molecule has 0 heterocycles. The Morgan fingerprint density at radius 3 is 2.29 bits per heavy atom. The number of hydrogen-bond acceptors (Lipinski definition) is 2. The molecule has 2 N–H and O–H groups in total. The van der Waals surface area contributed by atoms with E-state index in [1.54, 1.807) is 6.08 Å². The van der Waals surface area contributed by atoms with Gasteiger partial charge in [-0.3, -0.25) is 0 Å². The monoisotopic (exact) mass is 100 g/mol. The lowest BCUT2D eigenvalue weighted by Gasteiger charge is -1.81. The maximum Gasteiger partial charge on any atom is 0.480 e. The van der Waals surface area contributed by atoms with Crippen LogP contribution in [0.15, 0.2) is 12.1 Å². The third-order valence-corrected chi connectivity index (χ3v) is 0.544. The second kappa shape index (κ2) is 3.90. The fourth-order valence-corrected chi connectivity index (χ4v) is 0.258. The van der Waals surface area contributed by atoms with Crippen molar-refractivity contribution < 1.29 is 10.0 Å². The Hall–Kier alpha value is -0.275. The van der Waals surface area contributed by atoms with Gasteiger partial charge in [-0.1, -0.05) is 19.0 Å². The van der Waals surface area contributed by atoms with E-state index < -0.39 is 7.12 Å². The van der Waals surface area contributed by atoms with E-state index in [2.05, 4.69) is 0 Å². The summed E-state index contributed by atoms with van der Waals surface area (Å²) >= 11 is 0. The summed E-state index contributed by atoms with van der Waals surface area (Å²) in [6.07, 6.45) is 2.54. The molecule has 0 aliphatic carbocycles. The Kier molecular flexibility index (Phi) is 3.75. The van der Waals surface area contributed by atoms with Crippen molar-refractivity contribution in [3.8, 4) is 0 Å². The predicted molar refractivity (Wildman–Crippen MR) is 29.6 cm³/mol. The van der Waals surface area contributed by atoms with Crippen LogP contribution in [-0.2, 0) is 0 Å². The van der Waals surface area contributed by atoms with Crippen LogP contribution in [-0.4, -0.2) is 17.2 Å². The van der Waals surface area contributed by atoms with E-state index in [1.807, 2.05) is 6.92 Å². The molecule has 0 saturated carbocycles. The Morgan fingerprint density at radius 1 is 1.57 bits per heavy atom. The van der Waals surface area contributed by atoms with Crippen LogP contribution in [0.5, 0.6) is 0 Å². The first-order valence-corrected chi connectivity index (χ1v) is 2.30. The number of allylic oxidation sites excluding steroid dienone is 1. The summed E-state index contributed by atoms with van der Waals surface area (Å²) in [7, 11) is -1.28. The van der Waals surface area contributed by atoms with Crippen LogP contribution < -0.4 is 0 Å². The molecule has 0 atom stereocenters. The van der Waals surface area contributed by atoms with E-state index in [1.165, 1.54) is 5.98 Å². The highest BCUT2D eigenvalue weighted by atomic mass is 16.4. The molecule has 7 heavy (non-hydrogen) atoms. The third-order valence-electron chi connectivity index (χ3n) is 0.544. The molecule has 0 aromatic carbocycles. The SMILES string of the molecule is CC/C=C\B(O)O. The lowest BCUT2D eigenvalue weighted by Crippen LogP contribution is -2.05. The second-order valence-electron chi connectivity index (χ2n) is 1.25. The molecule has 0 spiro atoms. The molecule has 0 aliphatic rings. The summed E-state index contributed by atoms with van der Waals surface area (Å²) in [4.78, 5) is 0. The molecule has 3 heteroatoms. The summed E-state index contributed by atoms with van der Waals surface area (Å²) in [5.74, 6) is 1.33. The lowest BCUT2D eigenvalue weighted by atomic mass is 9.92. The van der Waals surface area contributed by atoms with E-state index >= 15 is 0 Å². The smallest absolute Gasteiger partial charge is 0.424 e. The highest BCUT2D eigenvalue weighted by molar-refractivity contribution is 6.47. The molecule has 0 saturated heterocycles. The average Bonchev–Trinajstić information content (AvgIpc) is 1.61. The molecular weight excluding hydrogens is 90.9 g/mol. The van der Waals surface area contributed by atoms with Crippen LogP contribution >= 0.6 is 0 Å². The minimum Gasteiger partial charge on any atom is -0.424 e. The van der Waals surface area contributed by atoms with Gasteiger partial charge in [0.1, 0.15) is 0 Å². The summed E-state index contributed by atoms with van der Waals surface area (Å²) in [6, 6.07) is 0. The molecule has 0 aromatic heterocycles. The number of rotatable bonds is 2. The maximum atomic E-state index is 8.15. The highest BCUT2D eigenvalue weighted by Gasteiger charge is 1.94. The highest BCUT2D eigenvalue weighted by Crippen LogP contribution is 1.78. The van der Waals surface area contributed by atoms with Gasteiger partial charge in [0.15, 0.2) is 0 Å². The zero-order valence-corrected chi connectivity index (χ0v) is 4.33. The second-order valence-corrected chi connectivity index (χ2v) is 1.25. The van der Waals surface area contributed by atoms with Gasteiger partial charge in [0.25, 0.3) is 0 Å². The summed E-state index contributed by atoms with van der Waals surface area (Å²) in [6.45, 7) is 1.93. The minimum atomic E-state index is -1.28. The fourth-order valence-electron chi connectivity index (χ4n) is 0.258. The van der Waals surface area contributed by atoms with Gasteiger partial charge >= 0.3 is 7.12 Å². The normalized spacial score (nSPS) is 10.1. The fraction of sp³-hybridized carbons (Fsp3) is 0.500. The van der Waals surface area contributed by atoms with Crippen LogP contribution in [0.2, 0.25) is 0 Å². The van der Waals surface area contributed by atoms with Crippen LogP contribution in [0, 0.1) is 0 Å². The van der Waals surface area contributed by atoms with Crippen LogP contribution in [0.3, 0.4) is 0 Å². The molecule has 0 radical (unpaired) electrons. The van der Waals surface area contributed by atoms with Crippen molar-refractivity contribution in [3.63, 3.8) is 0 Å². The van der Waals surface area contributed by atoms with Gasteiger partial charge in [-0.05, 0) is 6.42 Å². The molecular formula is C4H9BO2. The minimum absolute atomic E-state index is 0.845. The molecule has 0 bridgehead atoms. The maximum absolute atomic E-state index is 8.15. The third kappa shape index (κ3) is 5.72. The zero-order chi connectivity index (χ0) is 5.70. The van der Waals surface area contributed by atoms with Gasteiger partial charge in [0, 0.05) is 0 Å². The van der Waals surface area contributed by atoms with Crippen molar-refractivity contribution >= 4 is 7.12 Å². The van der Waals surface area contributed by atoms with Gasteiger partial charge in [0.05, 0.1) is 0 Å². The lowest BCUT2D eigenvalue weighted by molar-refractivity contribution is 0.424. The van der Waals surface area contributed by atoms with Gasteiger partial charge in [-0.25, -0.2) is 0 Å². The molecule has 0 aromatic rings. The number of hydrogen-bond donors (Lipinski definition) is 2. The van der Waals surface area contributed by atoms with E-state index in [9.17, 15) is 0 Å². The van der Waals surface area contributed by atoms with Crippen molar-refractivity contribution in [2.24, 2.45) is 0 Å². The van der Waals surface area contributed by atoms with Gasteiger partial charge < -0.3 is 10.0 Å². The van der Waals surface area contributed by atoms with Gasteiger partial charge in [-0.2, -0.15) is 0 Å². The van der Waals surface area contributed by atoms with Crippen molar-refractivity contribution in [1.82, 2.24) is 0 Å². The van der Waals surface area contributed by atoms with Crippen LogP contribution in [0.25, 0.3) is 0 Å². The van der Waals surface area contributed by atoms with Crippen molar-refractivity contribution in [3.05, 3.63) is 12.1 Å². The molecule has 0 unspecified atom stereocenters. The Balaban J connectivity index is 3.08. The van der Waals surface area contributed by atoms with Crippen molar-refractivity contribution in [2.75, 3.05) is 0 Å². The zero-order valence-electron chi connectivity index (χ0n) is 4.33. The van der Waals surface area contributed by atoms with E-state index in [-0.39, 0.29) is 0 Å². The summed E-state index contributed by atoms with van der Waals surface area (Å²) < 4.78 is 0. The first-order valence-electron chi connectivity index (χ1n) is 2.30. The largest absolute Gasteiger partial charge is 0.480 e. The Morgan fingerprint density at radius 2 is 2.14 bits per heavy atom. The predicted octanol–water partition coefficient (Wildman–Crippen LogP) is -0.0354. The van der Waals surface area contributed by atoms with Gasteiger partial charge in [0.2, 0.25) is 0 Å². The molecule has 40 valence electrons. The van der Waals surface area contributed by atoms with Crippen molar-refractivity contribution in [1.29, 1.82) is 0 Å². The van der Waals surface area contributed by atoms with E-state index in [0.717, 1.165) is 6.42 Å². The van der Waals surface area contributed by atoms with Crippen molar-refractivity contribution in [2.45, 2.75) is 13.3 Å². The standard InChI is InChI=1S/C4H9BO2/c1-2-3-4-5(6)7/h3-4,6-7H,2H2,1H3/b4-3-. The van der Waals surface area contributed by atoms with Crippen LogP contribution in [0.4, 0.5) is 0 Å². The molecule has 0 amide bonds.